The first kappa shape index (κ1) is 22.6. The number of alkyl halides is 3. The van der Waals surface area contributed by atoms with Gasteiger partial charge < -0.3 is 5.11 Å². The zero-order valence-corrected chi connectivity index (χ0v) is 15.9. The van der Waals surface area contributed by atoms with Gasteiger partial charge in [0.1, 0.15) is 0 Å². The van der Waals surface area contributed by atoms with Crippen LogP contribution in [-0.2, 0) is 27.4 Å². The molecule has 0 aliphatic rings. The van der Waals surface area contributed by atoms with Gasteiger partial charge >= 0.3 is 12.1 Å². The molecule has 0 saturated carbocycles. The number of carboxylic acid groups (broad SMARTS) is 1. The Bertz CT molecular complexity index is 986. The number of hydrogen-bond donors (Lipinski definition) is 2. The summed E-state index contributed by atoms with van der Waals surface area (Å²) in [5, 5.41) is 8.59. The molecule has 0 aromatic heterocycles. The van der Waals surface area contributed by atoms with E-state index in [1.54, 1.807) is 12.1 Å². The molecule has 0 amide bonds. The van der Waals surface area contributed by atoms with Gasteiger partial charge in [0.25, 0.3) is 0 Å². The molecule has 29 heavy (non-hydrogen) atoms. The van der Waals surface area contributed by atoms with Crippen LogP contribution in [0.25, 0.3) is 0 Å². The van der Waals surface area contributed by atoms with Crippen LogP contribution < -0.4 is 4.72 Å². The molecule has 156 valence electrons. The second-order valence-electron chi connectivity index (χ2n) is 6.19. The Labute approximate surface area is 165 Å². The zero-order valence-electron chi connectivity index (χ0n) is 15.1. The average Bonchev–Trinajstić information content (AvgIpc) is 2.66. The highest BCUT2D eigenvalue weighted by atomic mass is 32.2. The number of halogens is 3. The number of ketones is 1. The van der Waals surface area contributed by atoms with E-state index < -0.39 is 32.6 Å². The van der Waals surface area contributed by atoms with E-state index in [9.17, 15) is 31.2 Å². The molecule has 0 saturated heterocycles. The monoisotopic (exact) mass is 429 g/mol. The van der Waals surface area contributed by atoms with E-state index in [4.69, 9.17) is 5.11 Å². The summed E-state index contributed by atoms with van der Waals surface area (Å²) in [6.45, 7) is -0.0507. The summed E-state index contributed by atoms with van der Waals surface area (Å²) >= 11 is 0. The van der Waals surface area contributed by atoms with Gasteiger partial charge in [0.2, 0.25) is 10.0 Å². The number of hydrogen-bond acceptors (Lipinski definition) is 4. The SMILES string of the molecule is O=C(O)CCC(=O)c1ccc(CCNS(=O)(=O)c2cccc(C(F)(F)F)c2)cc1. The summed E-state index contributed by atoms with van der Waals surface area (Å²) in [6.07, 6.45) is -4.78. The van der Waals surface area contributed by atoms with Crippen LogP contribution in [0.3, 0.4) is 0 Å². The lowest BCUT2D eigenvalue weighted by Gasteiger charge is -2.10. The molecule has 2 aromatic carbocycles. The predicted molar refractivity (Wildman–Crippen MR) is 98.0 cm³/mol. The summed E-state index contributed by atoms with van der Waals surface area (Å²) in [6, 6.07) is 9.70. The molecule has 2 aromatic rings. The fourth-order valence-corrected chi connectivity index (χ4v) is 3.55. The van der Waals surface area contributed by atoms with Gasteiger partial charge in [-0.25, -0.2) is 13.1 Å². The van der Waals surface area contributed by atoms with Crippen molar-refractivity contribution in [1.29, 1.82) is 0 Å². The third-order valence-electron chi connectivity index (χ3n) is 4.02. The molecule has 2 rings (SSSR count). The molecule has 0 fully saturated rings. The minimum atomic E-state index is -4.64. The van der Waals surface area contributed by atoms with Crippen LogP contribution >= 0.6 is 0 Å². The summed E-state index contributed by atoms with van der Waals surface area (Å²) in [4.78, 5) is 21.8. The Morgan fingerprint density at radius 3 is 2.24 bits per heavy atom. The third kappa shape index (κ3) is 6.68. The minimum Gasteiger partial charge on any atom is -0.481 e. The maximum absolute atomic E-state index is 12.7. The largest absolute Gasteiger partial charge is 0.481 e. The molecule has 2 N–H and O–H groups in total. The Kier molecular flexibility index (Phi) is 7.15. The van der Waals surface area contributed by atoms with Crippen molar-refractivity contribution >= 4 is 21.8 Å². The van der Waals surface area contributed by atoms with Crippen LogP contribution in [0.2, 0.25) is 0 Å². The topological polar surface area (TPSA) is 101 Å². The van der Waals surface area contributed by atoms with Crippen molar-refractivity contribution in [2.24, 2.45) is 0 Å². The lowest BCUT2D eigenvalue weighted by atomic mass is 10.0. The predicted octanol–water partition coefficient (Wildman–Crippen LogP) is 3.27. The van der Waals surface area contributed by atoms with Crippen molar-refractivity contribution in [3.63, 3.8) is 0 Å². The van der Waals surface area contributed by atoms with Gasteiger partial charge in [-0.05, 0) is 30.2 Å². The first-order valence-corrected chi connectivity index (χ1v) is 9.98. The third-order valence-corrected chi connectivity index (χ3v) is 5.48. The van der Waals surface area contributed by atoms with Crippen LogP contribution in [-0.4, -0.2) is 31.8 Å². The van der Waals surface area contributed by atoms with Crippen molar-refractivity contribution in [1.82, 2.24) is 4.72 Å². The molecule has 0 aliphatic heterocycles. The molecule has 0 aliphatic carbocycles. The lowest BCUT2D eigenvalue weighted by Crippen LogP contribution is -2.26. The summed E-state index contributed by atoms with van der Waals surface area (Å²) in [5.41, 5.74) is -0.00500. The van der Waals surface area contributed by atoms with E-state index >= 15 is 0 Å². The van der Waals surface area contributed by atoms with Crippen LogP contribution in [0.15, 0.2) is 53.4 Å². The van der Waals surface area contributed by atoms with Gasteiger partial charge in [0.15, 0.2) is 5.78 Å². The fourth-order valence-electron chi connectivity index (χ4n) is 2.47. The second-order valence-corrected chi connectivity index (χ2v) is 7.95. The van der Waals surface area contributed by atoms with Gasteiger partial charge in [-0.15, -0.1) is 0 Å². The number of aliphatic carboxylic acids is 1. The molecular formula is C19H18F3NO5S. The lowest BCUT2D eigenvalue weighted by molar-refractivity contribution is -0.138. The number of benzene rings is 2. The number of rotatable bonds is 9. The molecule has 0 atom stereocenters. The number of carbonyl (C=O) groups excluding carboxylic acids is 1. The first-order valence-electron chi connectivity index (χ1n) is 8.50. The zero-order chi connectivity index (χ0) is 21.7. The number of Topliss-reactive ketones (excluding diaryl/α,β-unsaturated/α-hetero) is 1. The number of carbonyl (C=O) groups is 2. The van der Waals surface area contributed by atoms with E-state index in [1.807, 2.05) is 0 Å². The summed E-state index contributed by atoms with van der Waals surface area (Å²) in [5.74, 6) is -1.38. The van der Waals surface area contributed by atoms with Crippen molar-refractivity contribution in [2.75, 3.05) is 6.54 Å². The molecule has 0 radical (unpaired) electrons. The highest BCUT2D eigenvalue weighted by Gasteiger charge is 2.31. The highest BCUT2D eigenvalue weighted by Crippen LogP contribution is 2.30. The van der Waals surface area contributed by atoms with Crippen LogP contribution in [0, 0.1) is 0 Å². The maximum atomic E-state index is 12.7. The average molecular weight is 429 g/mol. The molecule has 0 unspecified atom stereocenters. The van der Waals surface area contributed by atoms with Crippen LogP contribution in [0.5, 0.6) is 0 Å². The number of sulfonamides is 1. The fraction of sp³-hybridized carbons (Fsp3) is 0.263. The van der Waals surface area contributed by atoms with Crippen molar-refractivity contribution in [3.8, 4) is 0 Å². The van der Waals surface area contributed by atoms with Crippen LogP contribution in [0.1, 0.15) is 34.3 Å². The maximum Gasteiger partial charge on any atom is 0.416 e. The second kappa shape index (κ2) is 9.19. The molecular weight excluding hydrogens is 411 g/mol. The summed E-state index contributed by atoms with van der Waals surface area (Å²) in [7, 11) is -4.11. The van der Waals surface area contributed by atoms with Crippen LogP contribution in [0.4, 0.5) is 13.2 Å². The van der Waals surface area contributed by atoms with Crippen molar-refractivity contribution in [3.05, 3.63) is 65.2 Å². The Balaban J connectivity index is 1.95. The smallest absolute Gasteiger partial charge is 0.416 e. The minimum absolute atomic E-state index is 0.0507. The van der Waals surface area contributed by atoms with Crippen molar-refractivity contribution in [2.45, 2.75) is 30.3 Å². The number of carboxylic acids is 1. The Morgan fingerprint density at radius 1 is 1.00 bits per heavy atom. The quantitative estimate of drug-likeness (QED) is 0.596. The Morgan fingerprint density at radius 2 is 1.66 bits per heavy atom. The van der Waals surface area contributed by atoms with E-state index in [1.165, 1.54) is 12.1 Å². The molecule has 6 nitrogen and oxygen atoms in total. The van der Waals surface area contributed by atoms with E-state index in [-0.39, 0.29) is 31.6 Å². The Hall–Kier alpha value is -2.72. The van der Waals surface area contributed by atoms with Gasteiger partial charge in [-0.3, -0.25) is 9.59 Å². The summed E-state index contributed by atoms with van der Waals surface area (Å²) < 4.78 is 64.9. The number of nitrogens with one attached hydrogen (secondary N) is 1. The van der Waals surface area contributed by atoms with Gasteiger partial charge in [0, 0.05) is 18.5 Å². The normalized spacial score (nSPS) is 12.0. The molecule has 0 bridgehead atoms. The van der Waals surface area contributed by atoms with Crippen molar-refractivity contribution < 1.29 is 36.3 Å². The van der Waals surface area contributed by atoms with Gasteiger partial charge in [-0.1, -0.05) is 30.3 Å². The van der Waals surface area contributed by atoms with E-state index in [0.717, 1.165) is 18.2 Å². The molecule has 0 heterocycles. The van der Waals surface area contributed by atoms with Gasteiger partial charge in [0.05, 0.1) is 16.9 Å². The van der Waals surface area contributed by atoms with E-state index in [2.05, 4.69) is 4.72 Å². The van der Waals surface area contributed by atoms with E-state index in [0.29, 0.717) is 17.2 Å². The van der Waals surface area contributed by atoms with Gasteiger partial charge in [-0.2, -0.15) is 13.2 Å². The highest BCUT2D eigenvalue weighted by molar-refractivity contribution is 7.89. The molecule has 0 spiro atoms. The molecule has 10 heteroatoms. The standard InChI is InChI=1S/C19H18F3NO5S/c20-19(21,22)15-2-1-3-16(12-15)29(27,28)23-11-10-13-4-6-14(7-5-13)17(24)8-9-18(25)26/h1-7,12,23H,8-11H2,(H,25,26). The first-order chi connectivity index (χ1) is 13.5.